The van der Waals surface area contributed by atoms with Crippen LogP contribution in [0.2, 0.25) is 0 Å². The largest absolute Gasteiger partial charge is 0.346 e. The molecule has 6 nitrogen and oxygen atoms in total. The number of nitriles is 1. The Bertz CT molecular complexity index is 1110. The molecule has 0 fully saturated rings. The van der Waals surface area contributed by atoms with Crippen molar-refractivity contribution >= 4 is 5.91 Å². The molecular formula is C20H16FN5O. The molecule has 1 aliphatic rings. The zero-order chi connectivity index (χ0) is 19.1. The van der Waals surface area contributed by atoms with Gasteiger partial charge in [-0.2, -0.15) is 10.4 Å². The molecule has 7 heteroatoms. The number of aromatic nitrogens is 3. The van der Waals surface area contributed by atoms with Gasteiger partial charge in [0.25, 0.3) is 5.91 Å². The van der Waals surface area contributed by atoms with Crippen molar-refractivity contribution in [2.24, 2.45) is 0 Å². The Morgan fingerprint density at radius 3 is 2.78 bits per heavy atom. The molecule has 1 aromatic carbocycles. The lowest BCUT2D eigenvalue weighted by Gasteiger charge is -2.10. The summed E-state index contributed by atoms with van der Waals surface area (Å²) in [6, 6.07) is 9.95. The molecule has 0 aliphatic carbocycles. The average Bonchev–Trinajstić information content (AvgIpc) is 3.28. The molecule has 1 N–H and O–H groups in total. The van der Waals surface area contributed by atoms with Crippen LogP contribution in [0.25, 0.3) is 22.5 Å². The maximum atomic E-state index is 14.5. The summed E-state index contributed by atoms with van der Waals surface area (Å²) in [6.45, 7) is 4.27. The summed E-state index contributed by atoms with van der Waals surface area (Å²) in [5, 5.41) is 16.7. The van der Waals surface area contributed by atoms with Crippen molar-refractivity contribution < 1.29 is 9.18 Å². The van der Waals surface area contributed by atoms with Crippen LogP contribution in [0.15, 0.2) is 36.5 Å². The summed E-state index contributed by atoms with van der Waals surface area (Å²) in [5.41, 5.74) is 2.80. The van der Waals surface area contributed by atoms with Gasteiger partial charge in [0.2, 0.25) is 0 Å². The Labute approximate surface area is 155 Å². The van der Waals surface area contributed by atoms with E-state index in [9.17, 15) is 14.4 Å². The second-order valence-electron chi connectivity index (χ2n) is 6.61. The summed E-state index contributed by atoms with van der Waals surface area (Å²) in [5.74, 6) is -0.760. The Balaban J connectivity index is 1.97. The Hall–Kier alpha value is -3.53. The van der Waals surface area contributed by atoms with Crippen molar-refractivity contribution in [3.63, 3.8) is 0 Å². The normalized spacial score (nSPS) is 12.8. The summed E-state index contributed by atoms with van der Waals surface area (Å²) in [4.78, 5) is 16.8. The van der Waals surface area contributed by atoms with Crippen molar-refractivity contribution in [2.75, 3.05) is 0 Å². The fourth-order valence-electron chi connectivity index (χ4n) is 3.21. The van der Waals surface area contributed by atoms with Gasteiger partial charge >= 0.3 is 0 Å². The second kappa shape index (κ2) is 6.32. The van der Waals surface area contributed by atoms with E-state index in [2.05, 4.69) is 15.4 Å². The van der Waals surface area contributed by atoms with Crippen LogP contribution in [0, 0.1) is 17.1 Å². The summed E-state index contributed by atoms with van der Waals surface area (Å²) < 4.78 is 16.3. The highest BCUT2D eigenvalue weighted by molar-refractivity contribution is 6.04. The van der Waals surface area contributed by atoms with Gasteiger partial charge in [-0.05, 0) is 38.1 Å². The third-order valence-corrected chi connectivity index (χ3v) is 4.54. The van der Waals surface area contributed by atoms with E-state index in [1.54, 1.807) is 16.8 Å². The molecule has 0 saturated heterocycles. The number of hydrogen-bond donors (Lipinski definition) is 1. The Morgan fingerprint density at radius 1 is 1.26 bits per heavy atom. The molecule has 0 radical (unpaired) electrons. The number of pyridine rings is 1. The second-order valence-corrected chi connectivity index (χ2v) is 6.61. The van der Waals surface area contributed by atoms with Gasteiger partial charge in [-0.3, -0.25) is 9.48 Å². The van der Waals surface area contributed by atoms with E-state index in [4.69, 9.17) is 0 Å². The smallest absolute Gasteiger partial charge is 0.254 e. The van der Waals surface area contributed by atoms with Crippen LogP contribution in [-0.4, -0.2) is 20.7 Å². The maximum absolute atomic E-state index is 14.5. The van der Waals surface area contributed by atoms with Crippen LogP contribution in [0.5, 0.6) is 0 Å². The molecule has 0 spiro atoms. The van der Waals surface area contributed by atoms with Gasteiger partial charge < -0.3 is 5.32 Å². The number of benzene rings is 1. The van der Waals surface area contributed by atoms with Crippen molar-refractivity contribution in [1.82, 2.24) is 20.1 Å². The summed E-state index contributed by atoms with van der Waals surface area (Å²) >= 11 is 0. The standard InChI is InChI=1S/C20H16FN5O/c1-11(2)26-7-6-15(25-26)13-8-16(24-17-10-23-20(27)19(13)17)18-12(9-22)4-3-5-14(18)21/h3-8,11H,10H2,1-2H3,(H,23,27). The van der Waals surface area contributed by atoms with E-state index in [1.165, 1.54) is 12.1 Å². The first-order valence-corrected chi connectivity index (χ1v) is 8.56. The average molecular weight is 361 g/mol. The minimum absolute atomic E-state index is 0.131. The monoisotopic (exact) mass is 361 g/mol. The maximum Gasteiger partial charge on any atom is 0.254 e. The molecule has 1 aliphatic heterocycles. The molecule has 0 atom stereocenters. The van der Waals surface area contributed by atoms with Crippen molar-refractivity contribution in [3.05, 3.63) is 59.2 Å². The number of nitrogens with zero attached hydrogens (tertiary/aromatic N) is 4. The van der Waals surface area contributed by atoms with Gasteiger partial charge in [0.05, 0.1) is 46.4 Å². The van der Waals surface area contributed by atoms with Gasteiger partial charge in [0, 0.05) is 17.8 Å². The van der Waals surface area contributed by atoms with Crippen LogP contribution >= 0.6 is 0 Å². The highest BCUT2D eigenvalue weighted by Gasteiger charge is 2.28. The number of amides is 1. The minimum atomic E-state index is -0.530. The third kappa shape index (κ3) is 2.75. The van der Waals surface area contributed by atoms with E-state index in [0.717, 1.165) is 0 Å². The molecule has 27 heavy (non-hydrogen) atoms. The first-order valence-electron chi connectivity index (χ1n) is 8.56. The molecule has 0 unspecified atom stereocenters. The highest BCUT2D eigenvalue weighted by atomic mass is 19.1. The molecule has 2 aromatic heterocycles. The minimum Gasteiger partial charge on any atom is -0.346 e. The van der Waals surface area contributed by atoms with E-state index in [-0.39, 0.29) is 29.6 Å². The Morgan fingerprint density at radius 2 is 2.07 bits per heavy atom. The van der Waals surface area contributed by atoms with Gasteiger partial charge in [-0.1, -0.05) is 6.07 Å². The zero-order valence-corrected chi connectivity index (χ0v) is 14.8. The quantitative estimate of drug-likeness (QED) is 0.774. The SMILES string of the molecule is CC(C)n1ccc(-c2cc(-c3c(F)cccc3C#N)nc3c2C(=O)NC3)n1. The topological polar surface area (TPSA) is 83.6 Å². The fraction of sp³-hybridized carbons (Fsp3) is 0.200. The number of nitrogens with one attached hydrogen (secondary N) is 1. The molecule has 0 saturated carbocycles. The predicted molar refractivity (Wildman–Crippen MR) is 97.1 cm³/mol. The molecule has 1 amide bonds. The number of halogens is 1. The molecule has 0 bridgehead atoms. The van der Waals surface area contributed by atoms with E-state index < -0.39 is 5.82 Å². The highest BCUT2D eigenvalue weighted by Crippen LogP contribution is 2.34. The lowest BCUT2D eigenvalue weighted by atomic mass is 9.98. The number of carbonyl (C=O) groups is 1. The molecular weight excluding hydrogens is 345 g/mol. The first kappa shape index (κ1) is 16.9. The Kier molecular flexibility index (Phi) is 3.96. The summed E-state index contributed by atoms with van der Waals surface area (Å²) in [7, 11) is 0. The van der Waals surface area contributed by atoms with E-state index in [1.807, 2.05) is 32.2 Å². The number of carbonyl (C=O) groups excluding carboxylic acids is 1. The summed E-state index contributed by atoms with van der Waals surface area (Å²) in [6.07, 6.45) is 1.84. The van der Waals surface area contributed by atoms with Gasteiger partial charge in [-0.25, -0.2) is 9.37 Å². The first-order chi connectivity index (χ1) is 13.0. The van der Waals surface area contributed by atoms with Gasteiger partial charge in [0.1, 0.15) is 5.82 Å². The van der Waals surface area contributed by atoms with Crippen molar-refractivity contribution in [2.45, 2.75) is 26.4 Å². The number of hydrogen-bond acceptors (Lipinski definition) is 4. The van der Waals surface area contributed by atoms with Crippen LogP contribution in [0.3, 0.4) is 0 Å². The lowest BCUT2D eigenvalue weighted by molar-refractivity contribution is 0.0966. The molecule has 4 rings (SSSR count). The van der Waals surface area contributed by atoms with Crippen molar-refractivity contribution in [3.8, 4) is 28.6 Å². The molecule has 3 aromatic rings. The number of fused-ring (bicyclic) bond motifs is 1. The van der Waals surface area contributed by atoms with Crippen molar-refractivity contribution in [1.29, 1.82) is 5.26 Å². The predicted octanol–water partition coefficient (Wildman–Crippen LogP) is 3.45. The molecule has 3 heterocycles. The van der Waals surface area contributed by atoms with E-state index >= 15 is 0 Å². The zero-order valence-electron chi connectivity index (χ0n) is 14.8. The van der Waals surface area contributed by atoms with E-state index in [0.29, 0.717) is 28.2 Å². The van der Waals surface area contributed by atoms with Gasteiger partial charge in [0.15, 0.2) is 0 Å². The lowest BCUT2D eigenvalue weighted by Crippen LogP contribution is -2.13. The number of rotatable bonds is 3. The fourth-order valence-corrected chi connectivity index (χ4v) is 3.21. The van der Waals surface area contributed by atoms with Crippen LogP contribution in [0.1, 0.15) is 41.5 Å². The van der Waals surface area contributed by atoms with Crippen LogP contribution < -0.4 is 5.32 Å². The molecule has 134 valence electrons. The van der Waals surface area contributed by atoms with Crippen LogP contribution in [0.4, 0.5) is 4.39 Å². The van der Waals surface area contributed by atoms with Crippen LogP contribution in [-0.2, 0) is 6.54 Å². The third-order valence-electron chi connectivity index (χ3n) is 4.54. The van der Waals surface area contributed by atoms with Gasteiger partial charge in [-0.15, -0.1) is 0 Å².